The minimum Gasteiger partial charge on any atom is -0.357 e. The third kappa shape index (κ3) is 2.96. The second-order valence-electron chi connectivity index (χ2n) is 5.01. The van der Waals surface area contributed by atoms with E-state index in [2.05, 4.69) is 33.1 Å². The minimum atomic E-state index is 0.598. The predicted molar refractivity (Wildman–Crippen MR) is 70.2 cm³/mol. The lowest BCUT2D eigenvalue weighted by Crippen LogP contribution is -2.36. The van der Waals surface area contributed by atoms with Crippen molar-refractivity contribution in [1.82, 2.24) is 15.1 Å². The monoisotopic (exact) mass is 245 g/mol. The molecule has 1 fully saturated rings. The molecule has 0 unspecified atom stereocenters. The van der Waals surface area contributed by atoms with E-state index >= 15 is 0 Å². The molecule has 0 aromatic carbocycles. The Labute approximate surface area is 108 Å². The molecule has 96 valence electrons. The maximum atomic E-state index is 9.06. The van der Waals surface area contributed by atoms with Gasteiger partial charge in [-0.1, -0.05) is 0 Å². The third-order valence-corrected chi connectivity index (χ3v) is 3.55. The molecule has 0 radical (unpaired) electrons. The van der Waals surface area contributed by atoms with E-state index in [1.165, 1.54) is 12.8 Å². The molecule has 0 amide bonds. The number of hydrogen-bond donors (Lipinski definition) is 0. The summed E-state index contributed by atoms with van der Waals surface area (Å²) in [5.41, 5.74) is 0.598. The molecule has 1 aromatic heterocycles. The van der Waals surface area contributed by atoms with E-state index in [0.29, 0.717) is 17.3 Å². The van der Waals surface area contributed by atoms with Crippen LogP contribution in [0.4, 0.5) is 5.82 Å². The van der Waals surface area contributed by atoms with Crippen molar-refractivity contribution < 1.29 is 0 Å². The summed E-state index contributed by atoms with van der Waals surface area (Å²) in [6.07, 6.45) is 3.98. The fourth-order valence-electron chi connectivity index (χ4n) is 2.41. The lowest BCUT2D eigenvalue weighted by atomic mass is 9.96. The zero-order valence-corrected chi connectivity index (χ0v) is 11.0. The first-order valence-corrected chi connectivity index (χ1v) is 6.32. The normalized spacial score (nSPS) is 17.4. The van der Waals surface area contributed by atoms with Crippen LogP contribution >= 0.6 is 0 Å². The average Bonchev–Trinajstić information content (AvgIpc) is 2.41. The van der Waals surface area contributed by atoms with Crippen LogP contribution in [0.1, 0.15) is 18.4 Å². The van der Waals surface area contributed by atoms with Crippen LogP contribution in [-0.2, 0) is 0 Å². The van der Waals surface area contributed by atoms with Crippen molar-refractivity contribution in [2.75, 3.05) is 38.6 Å². The molecule has 1 aliphatic rings. The number of hydrogen-bond acceptors (Lipinski definition) is 5. The quantitative estimate of drug-likeness (QED) is 0.799. The maximum Gasteiger partial charge on any atom is 0.168 e. The van der Waals surface area contributed by atoms with E-state index in [1.807, 2.05) is 7.05 Å². The number of nitrogens with zero attached hydrogens (tertiary/aromatic N) is 5. The van der Waals surface area contributed by atoms with Gasteiger partial charge in [0.25, 0.3) is 0 Å². The fraction of sp³-hybridized carbons (Fsp3) is 0.615. The summed E-state index contributed by atoms with van der Waals surface area (Å²) < 4.78 is 0. The second kappa shape index (κ2) is 5.78. The van der Waals surface area contributed by atoms with Crippen LogP contribution in [0.3, 0.4) is 0 Å². The number of rotatable bonds is 3. The molecule has 1 aromatic rings. The zero-order chi connectivity index (χ0) is 13.0. The number of nitriles is 1. The molecular weight excluding hydrogens is 226 g/mol. The van der Waals surface area contributed by atoms with Crippen LogP contribution in [0.5, 0.6) is 0 Å². The van der Waals surface area contributed by atoms with Gasteiger partial charge in [-0.05, 0) is 45.0 Å². The topological polar surface area (TPSA) is 56.1 Å². The molecule has 18 heavy (non-hydrogen) atoms. The molecule has 0 N–H and O–H groups in total. The molecule has 0 bridgehead atoms. The van der Waals surface area contributed by atoms with Crippen LogP contribution in [-0.4, -0.2) is 48.8 Å². The lowest BCUT2D eigenvalue weighted by molar-refractivity contribution is 0.222. The van der Waals surface area contributed by atoms with Gasteiger partial charge in [0.2, 0.25) is 0 Å². The highest BCUT2D eigenvalue weighted by Gasteiger charge is 2.19. The van der Waals surface area contributed by atoms with Crippen LogP contribution in [0.25, 0.3) is 0 Å². The molecule has 2 heterocycles. The van der Waals surface area contributed by atoms with Crippen molar-refractivity contribution >= 4 is 5.82 Å². The van der Waals surface area contributed by atoms with Gasteiger partial charge in [0.15, 0.2) is 5.82 Å². The number of likely N-dealkylation sites (tertiary alicyclic amines) is 1. The van der Waals surface area contributed by atoms with Crippen LogP contribution < -0.4 is 4.90 Å². The Morgan fingerprint density at radius 1 is 1.50 bits per heavy atom. The average molecular weight is 245 g/mol. The van der Waals surface area contributed by atoms with Crippen molar-refractivity contribution in [3.63, 3.8) is 0 Å². The van der Waals surface area contributed by atoms with Crippen molar-refractivity contribution in [2.45, 2.75) is 12.8 Å². The Balaban J connectivity index is 1.99. The van der Waals surface area contributed by atoms with Gasteiger partial charge in [0.05, 0.1) is 11.8 Å². The summed E-state index contributed by atoms with van der Waals surface area (Å²) in [5.74, 6) is 1.37. The van der Waals surface area contributed by atoms with E-state index in [4.69, 9.17) is 5.26 Å². The van der Waals surface area contributed by atoms with E-state index in [-0.39, 0.29) is 0 Å². The minimum absolute atomic E-state index is 0.598. The second-order valence-corrected chi connectivity index (χ2v) is 5.01. The van der Waals surface area contributed by atoms with E-state index in [1.54, 1.807) is 12.3 Å². The Morgan fingerprint density at radius 3 is 2.89 bits per heavy atom. The molecule has 0 atom stereocenters. The molecule has 0 spiro atoms. The molecule has 1 aliphatic heterocycles. The van der Waals surface area contributed by atoms with Crippen LogP contribution in [0.2, 0.25) is 0 Å². The first-order chi connectivity index (χ1) is 8.70. The Hall–Kier alpha value is -1.67. The smallest absolute Gasteiger partial charge is 0.168 e. The third-order valence-electron chi connectivity index (χ3n) is 3.55. The van der Waals surface area contributed by atoms with Crippen molar-refractivity contribution in [1.29, 1.82) is 5.26 Å². The Kier molecular flexibility index (Phi) is 4.11. The molecular formula is C13H19N5. The van der Waals surface area contributed by atoms with Gasteiger partial charge < -0.3 is 9.80 Å². The molecule has 2 rings (SSSR count). The van der Waals surface area contributed by atoms with Gasteiger partial charge in [0.1, 0.15) is 6.07 Å². The maximum absolute atomic E-state index is 9.06. The standard InChI is InChI=1S/C13H19N5/c1-17-7-4-11(5-8-17)10-18(2)13-12(9-14)3-6-15-16-13/h3,6,11H,4-5,7-8,10H2,1-2H3. The van der Waals surface area contributed by atoms with E-state index in [9.17, 15) is 0 Å². The van der Waals surface area contributed by atoms with Gasteiger partial charge in [-0.2, -0.15) is 10.4 Å². The number of aromatic nitrogens is 2. The van der Waals surface area contributed by atoms with Crippen LogP contribution in [0.15, 0.2) is 12.3 Å². The first-order valence-electron chi connectivity index (χ1n) is 6.32. The summed E-state index contributed by atoms with van der Waals surface area (Å²) in [6, 6.07) is 3.88. The summed E-state index contributed by atoms with van der Waals surface area (Å²) in [4.78, 5) is 4.42. The largest absolute Gasteiger partial charge is 0.357 e. The molecule has 5 heteroatoms. The zero-order valence-electron chi connectivity index (χ0n) is 11.0. The van der Waals surface area contributed by atoms with Gasteiger partial charge in [-0.15, -0.1) is 5.10 Å². The van der Waals surface area contributed by atoms with Crippen molar-refractivity contribution in [2.24, 2.45) is 5.92 Å². The van der Waals surface area contributed by atoms with Gasteiger partial charge >= 0.3 is 0 Å². The highest BCUT2D eigenvalue weighted by atomic mass is 15.2. The van der Waals surface area contributed by atoms with Gasteiger partial charge in [0, 0.05) is 13.6 Å². The molecule has 0 aliphatic carbocycles. The summed E-state index contributed by atoms with van der Waals surface area (Å²) in [7, 11) is 4.15. The van der Waals surface area contributed by atoms with Crippen LogP contribution in [0, 0.1) is 17.2 Å². The predicted octanol–water partition coefficient (Wildman–Crippen LogP) is 1.13. The summed E-state index contributed by atoms with van der Waals surface area (Å²) >= 11 is 0. The highest BCUT2D eigenvalue weighted by molar-refractivity contribution is 5.51. The molecule has 5 nitrogen and oxygen atoms in total. The lowest BCUT2D eigenvalue weighted by Gasteiger charge is -2.32. The van der Waals surface area contributed by atoms with Gasteiger partial charge in [-0.3, -0.25) is 0 Å². The SMILES string of the molecule is CN1CCC(CN(C)c2nnccc2C#N)CC1. The summed E-state index contributed by atoms with van der Waals surface area (Å²) in [5, 5.41) is 17.0. The molecule has 0 saturated carbocycles. The van der Waals surface area contributed by atoms with Crippen molar-refractivity contribution in [3.8, 4) is 6.07 Å². The highest BCUT2D eigenvalue weighted by Crippen LogP contribution is 2.20. The molecule has 1 saturated heterocycles. The van der Waals surface area contributed by atoms with E-state index in [0.717, 1.165) is 19.6 Å². The number of piperidine rings is 1. The Bertz CT molecular complexity index is 431. The summed E-state index contributed by atoms with van der Waals surface area (Å²) in [6.45, 7) is 3.26. The van der Waals surface area contributed by atoms with Crippen molar-refractivity contribution in [3.05, 3.63) is 17.8 Å². The Morgan fingerprint density at radius 2 is 2.22 bits per heavy atom. The van der Waals surface area contributed by atoms with Gasteiger partial charge in [-0.25, -0.2) is 0 Å². The fourth-order valence-corrected chi connectivity index (χ4v) is 2.41. The number of anilines is 1. The van der Waals surface area contributed by atoms with E-state index < -0.39 is 0 Å². The first kappa shape index (κ1) is 12.8.